The SMILES string of the molecule is Cc1sccc1NC(=O)c1ccc(Cl)s1. The maximum Gasteiger partial charge on any atom is 0.265 e. The molecular weight excluding hydrogens is 250 g/mol. The number of anilines is 1. The van der Waals surface area contributed by atoms with Gasteiger partial charge in [-0.2, -0.15) is 0 Å². The van der Waals surface area contributed by atoms with Crippen LogP contribution in [0.4, 0.5) is 5.69 Å². The van der Waals surface area contributed by atoms with Crippen LogP contribution in [0.15, 0.2) is 23.6 Å². The molecule has 0 atom stereocenters. The van der Waals surface area contributed by atoms with Gasteiger partial charge in [-0.05, 0) is 30.5 Å². The summed E-state index contributed by atoms with van der Waals surface area (Å²) in [5, 5.41) is 4.79. The number of carbonyl (C=O) groups is 1. The summed E-state index contributed by atoms with van der Waals surface area (Å²) in [6, 6.07) is 5.35. The van der Waals surface area contributed by atoms with Gasteiger partial charge in [-0.15, -0.1) is 22.7 Å². The van der Waals surface area contributed by atoms with Crippen molar-refractivity contribution < 1.29 is 4.79 Å². The van der Waals surface area contributed by atoms with E-state index in [1.165, 1.54) is 11.3 Å². The fourth-order valence-corrected chi connectivity index (χ4v) is 2.73. The number of hydrogen-bond acceptors (Lipinski definition) is 3. The van der Waals surface area contributed by atoms with Crippen LogP contribution >= 0.6 is 34.3 Å². The first-order valence-corrected chi connectivity index (χ1v) is 6.35. The van der Waals surface area contributed by atoms with Gasteiger partial charge in [-0.25, -0.2) is 0 Å². The third-order valence-corrected chi connectivity index (χ3v) is 3.98. The molecule has 0 aliphatic carbocycles. The van der Waals surface area contributed by atoms with Crippen LogP contribution in [-0.2, 0) is 0 Å². The van der Waals surface area contributed by atoms with Crippen LogP contribution in [0.3, 0.4) is 0 Å². The lowest BCUT2D eigenvalue weighted by Gasteiger charge is -2.01. The summed E-state index contributed by atoms with van der Waals surface area (Å²) < 4.78 is 0.627. The summed E-state index contributed by atoms with van der Waals surface area (Å²) in [6.07, 6.45) is 0. The van der Waals surface area contributed by atoms with Gasteiger partial charge in [0.25, 0.3) is 5.91 Å². The smallest absolute Gasteiger partial charge is 0.265 e. The van der Waals surface area contributed by atoms with Gasteiger partial charge in [-0.3, -0.25) is 4.79 Å². The second kappa shape index (κ2) is 4.35. The number of nitrogens with one attached hydrogen (secondary N) is 1. The number of thiophene rings is 2. The largest absolute Gasteiger partial charge is 0.320 e. The molecule has 0 aliphatic rings. The second-order valence-electron chi connectivity index (χ2n) is 2.95. The molecule has 2 aromatic heterocycles. The maximum atomic E-state index is 11.7. The van der Waals surface area contributed by atoms with Gasteiger partial charge in [-0.1, -0.05) is 11.6 Å². The van der Waals surface area contributed by atoms with Crippen LogP contribution in [0.1, 0.15) is 14.5 Å². The van der Waals surface area contributed by atoms with Gasteiger partial charge in [0.1, 0.15) is 0 Å². The highest BCUT2D eigenvalue weighted by atomic mass is 35.5. The fourth-order valence-electron chi connectivity index (χ4n) is 1.13. The molecule has 0 saturated heterocycles. The summed E-state index contributed by atoms with van der Waals surface area (Å²) in [7, 11) is 0. The van der Waals surface area contributed by atoms with Crippen LogP contribution in [0.5, 0.6) is 0 Å². The first-order chi connectivity index (χ1) is 7.16. The number of aryl methyl sites for hydroxylation is 1. The quantitative estimate of drug-likeness (QED) is 0.865. The average Bonchev–Trinajstić information content (AvgIpc) is 2.77. The average molecular weight is 258 g/mol. The number of carbonyl (C=O) groups excluding carboxylic acids is 1. The normalized spacial score (nSPS) is 10.3. The van der Waals surface area contributed by atoms with Gasteiger partial charge >= 0.3 is 0 Å². The molecule has 0 saturated carbocycles. The molecule has 0 bridgehead atoms. The predicted molar refractivity (Wildman–Crippen MR) is 66.3 cm³/mol. The van der Waals surface area contributed by atoms with Gasteiger partial charge in [0, 0.05) is 4.88 Å². The Hall–Kier alpha value is -0.840. The molecule has 5 heteroatoms. The highest BCUT2D eigenvalue weighted by Gasteiger charge is 2.10. The van der Waals surface area contributed by atoms with E-state index in [0.29, 0.717) is 9.21 Å². The molecular formula is C10H8ClNOS2. The molecule has 0 spiro atoms. The van der Waals surface area contributed by atoms with Crippen LogP contribution in [0, 0.1) is 6.92 Å². The maximum absolute atomic E-state index is 11.7. The Morgan fingerprint density at radius 2 is 2.20 bits per heavy atom. The van der Waals surface area contributed by atoms with Crippen LogP contribution < -0.4 is 5.32 Å². The fraction of sp³-hybridized carbons (Fsp3) is 0.100. The van der Waals surface area contributed by atoms with E-state index >= 15 is 0 Å². The molecule has 0 fully saturated rings. The van der Waals surface area contributed by atoms with Crippen molar-refractivity contribution in [3.8, 4) is 0 Å². The number of halogens is 1. The molecule has 0 radical (unpaired) electrons. The minimum atomic E-state index is -0.103. The standard InChI is InChI=1S/C10H8ClNOS2/c1-6-7(4-5-14-6)12-10(13)8-2-3-9(11)15-8/h2-5H,1H3,(H,12,13). The zero-order valence-corrected chi connectivity index (χ0v) is 10.3. The van der Waals surface area contributed by atoms with Gasteiger partial charge in [0.15, 0.2) is 0 Å². The van der Waals surface area contributed by atoms with E-state index in [0.717, 1.165) is 10.6 Å². The van der Waals surface area contributed by atoms with Gasteiger partial charge in [0.2, 0.25) is 0 Å². The third kappa shape index (κ3) is 2.40. The number of amides is 1. The minimum absolute atomic E-state index is 0.103. The van der Waals surface area contributed by atoms with Crippen molar-refractivity contribution in [1.29, 1.82) is 0 Å². The Kier molecular flexibility index (Phi) is 3.09. The Morgan fingerprint density at radius 3 is 2.73 bits per heavy atom. The third-order valence-electron chi connectivity index (χ3n) is 1.90. The Morgan fingerprint density at radius 1 is 1.40 bits per heavy atom. The number of hydrogen-bond donors (Lipinski definition) is 1. The Bertz CT molecular complexity index is 489. The lowest BCUT2D eigenvalue weighted by Crippen LogP contribution is -2.09. The molecule has 0 unspecified atom stereocenters. The van der Waals surface area contributed by atoms with Crippen molar-refractivity contribution in [1.82, 2.24) is 0 Å². The lowest BCUT2D eigenvalue weighted by molar-refractivity contribution is 0.103. The van der Waals surface area contributed by atoms with E-state index in [2.05, 4.69) is 5.32 Å². The molecule has 15 heavy (non-hydrogen) atoms. The highest BCUT2D eigenvalue weighted by Crippen LogP contribution is 2.25. The van der Waals surface area contributed by atoms with Gasteiger partial charge in [0.05, 0.1) is 14.9 Å². The van der Waals surface area contributed by atoms with Gasteiger partial charge < -0.3 is 5.32 Å². The van der Waals surface area contributed by atoms with E-state index < -0.39 is 0 Å². The topological polar surface area (TPSA) is 29.1 Å². The van der Waals surface area contributed by atoms with E-state index in [1.54, 1.807) is 23.5 Å². The summed E-state index contributed by atoms with van der Waals surface area (Å²) in [5.41, 5.74) is 0.870. The highest BCUT2D eigenvalue weighted by molar-refractivity contribution is 7.18. The predicted octanol–water partition coefficient (Wildman–Crippen LogP) is 4.02. The molecule has 2 nitrogen and oxygen atoms in total. The van der Waals surface area contributed by atoms with E-state index in [1.807, 2.05) is 18.4 Å². The zero-order chi connectivity index (χ0) is 10.8. The summed E-state index contributed by atoms with van der Waals surface area (Å²) >= 11 is 8.65. The molecule has 2 aromatic rings. The monoisotopic (exact) mass is 257 g/mol. The van der Waals surface area contributed by atoms with Crippen LogP contribution in [0.25, 0.3) is 0 Å². The van der Waals surface area contributed by atoms with E-state index in [-0.39, 0.29) is 5.91 Å². The first-order valence-electron chi connectivity index (χ1n) is 4.27. The molecule has 1 N–H and O–H groups in total. The van der Waals surface area contributed by atoms with Crippen LogP contribution in [-0.4, -0.2) is 5.91 Å². The molecule has 2 rings (SSSR count). The Labute approximate surface area is 101 Å². The van der Waals surface area contributed by atoms with Crippen molar-refractivity contribution in [2.24, 2.45) is 0 Å². The summed E-state index contributed by atoms with van der Waals surface area (Å²) in [5.74, 6) is -0.103. The van der Waals surface area contributed by atoms with Crippen LogP contribution in [0.2, 0.25) is 4.34 Å². The Balaban J connectivity index is 2.14. The summed E-state index contributed by atoms with van der Waals surface area (Å²) in [4.78, 5) is 13.5. The van der Waals surface area contributed by atoms with Crippen molar-refractivity contribution in [3.63, 3.8) is 0 Å². The summed E-state index contributed by atoms with van der Waals surface area (Å²) in [6.45, 7) is 1.97. The van der Waals surface area contributed by atoms with E-state index in [9.17, 15) is 4.79 Å². The van der Waals surface area contributed by atoms with E-state index in [4.69, 9.17) is 11.6 Å². The lowest BCUT2D eigenvalue weighted by atomic mass is 10.4. The molecule has 1 amide bonds. The zero-order valence-electron chi connectivity index (χ0n) is 7.91. The minimum Gasteiger partial charge on any atom is -0.320 e. The van der Waals surface area contributed by atoms with Crippen molar-refractivity contribution in [2.45, 2.75) is 6.92 Å². The van der Waals surface area contributed by atoms with Crippen molar-refractivity contribution in [3.05, 3.63) is 37.7 Å². The molecule has 0 aliphatic heterocycles. The molecule has 78 valence electrons. The number of rotatable bonds is 2. The first kappa shape index (κ1) is 10.7. The molecule has 0 aromatic carbocycles. The second-order valence-corrected chi connectivity index (χ2v) is 5.78. The van der Waals surface area contributed by atoms with Crippen molar-refractivity contribution in [2.75, 3.05) is 5.32 Å². The van der Waals surface area contributed by atoms with Crippen molar-refractivity contribution >= 4 is 45.9 Å². The molecule has 2 heterocycles.